The van der Waals surface area contributed by atoms with E-state index >= 15 is 0 Å². The molecule has 0 aliphatic heterocycles. The molecule has 0 spiro atoms. The fourth-order valence-electron chi connectivity index (χ4n) is 2.08. The molecule has 0 N–H and O–H groups in total. The number of hydrogen-bond donors (Lipinski definition) is 0. The number of amides is 1. The van der Waals surface area contributed by atoms with Crippen molar-refractivity contribution in [2.75, 3.05) is 13.6 Å². The Balaban J connectivity index is 2.03. The van der Waals surface area contributed by atoms with Crippen LogP contribution in [0.4, 0.5) is 4.79 Å². The van der Waals surface area contributed by atoms with Crippen LogP contribution in [0.25, 0.3) is 11.3 Å². The minimum absolute atomic E-state index is 0.0317. The molecule has 0 saturated carbocycles. The Kier molecular flexibility index (Phi) is 4.93. The Morgan fingerprint density at radius 2 is 2.00 bits per heavy atom. The van der Waals surface area contributed by atoms with Gasteiger partial charge in [0.1, 0.15) is 6.33 Å². The molecule has 1 amide bonds. The first kappa shape index (κ1) is 14.3. The van der Waals surface area contributed by atoms with Gasteiger partial charge in [0, 0.05) is 25.4 Å². The first-order valence-corrected chi connectivity index (χ1v) is 7.07. The predicted molar refractivity (Wildman–Crippen MR) is 80.6 cm³/mol. The lowest BCUT2D eigenvalue weighted by atomic mass is 10.2. The van der Waals surface area contributed by atoms with Crippen LogP contribution >= 0.6 is 0 Å². The molecule has 2 aromatic rings. The summed E-state index contributed by atoms with van der Waals surface area (Å²) >= 11 is 0. The van der Waals surface area contributed by atoms with Gasteiger partial charge in [-0.15, -0.1) is 0 Å². The molecule has 0 aliphatic rings. The van der Waals surface area contributed by atoms with Gasteiger partial charge >= 0.3 is 6.03 Å². The second kappa shape index (κ2) is 6.89. The number of imidazole rings is 1. The third-order valence-electron chi connectivity index (χ3n) is 3.30. The predicted octanol–water partition coefficient (Wildman–Crippen LogP) is 3.64. The zero-order valence-electron chi connectivity index (χ0n) is 12.1. The van der Waals surface area contributed by atoms with Crippen molar-refractivity contribution in [2.45, 2.75) is 26.2 Å². The minimum atomic E-state index is -0.0317. The van der Waals surface area contributed by atoms with Crippen LogP contribution in [0.3, 0.4) is 0 Å². The van der Waals surface area contributed by atoms with Gasteiger partial charge in [0.15, 0.2) is 0 Å². The topological polar surface area (TPSA) is 38.1 Å². The molecule has 106 valence electrons. The Hall–Kier alpha value is -2.10. The van der Waals surface area contributed by atoms with E-state index in [1.54, 1.807) is 22.0 Å². The van der Waals surface area contributed by atoms with Crippen LogP contribution in [-0.2, 0) is 0 Å². The fraction of sp³-hybridized carbons (Fsp3) is 0.375. The second-order valence-electron chi connectivity index (χ2n) is 4.94. The minimum Gasteiger partial charge on any atom is -0.327 e. The molecule has 1 heterocycles. The van der Waals surface area contributed by atoms with Crippen molar-refractivity contribution in [3.05, 3.63) is 42.9 Å². The Bertz CT molecular complexity index is 548. The van der Waals surface area contributed by atoms with Crippen molar-refractivity contribution >= 4 is 6.03 Å². The highest BCUT2D eigenvalue weighted by Crippen LogP contribution is 2.16. The standard InChI is InChI=1S/C16H21N3O/c1-3-4-8-11-18(2)16(20)19-12-15(17-13-19)14-9-6-5-7-10-14/h5-7,9-10,12-13H,3-4,8,11H2,1-2H3. The van der Waals surface area contributed by atoms with Gasteiger partial charge in [-0.1, -0.05) is 50.1 Å². The molecule has 2 rings (SSSR count). The maximum absolute atomic E-state index is 12.2. The molecule has 0 aliphatic carbocycles. The molecule has 0 saturated heterocycles. The quantitative estimate of drug-likeness (QED) is 0.779. The smallest absolute Gasteiger partial charge is 0.327 e. The highest BCUT2D eigenvalue weighted by Gasteiger charge is 2.12. The lowest BCUT2D eigenvalue weighted by Gasteiger charge is -2.16. The van der Waals surface area contributed by atoms with E-state index in [4.69, 9.17) is 0 Å². The van der Waals surface area contributed by atoms with Crippen molar-refractivity contribution in [3.8, 4) is 11.3 Å². The number of unbranched alkanes of at least 4 members (excludes halogenated alkanes) is 2. The van der Waals surface area contributed by atoms with Crippen LogP contribution in [0.5, 0.6) is 0 Å². The van der Waals surface area contributed by atoms with E-state index in [0.29, 0.717) is 0 Å². The van der Waals surface area contributed by atoms with Gasteiger partial charge in [0.2, 0.25) is 0 Å². The summed E-state index contributed by atoms with van der Waals surface area (Å²) in [4.78, 5) is 18.3. The summed E-state index contributed by atoms with van der Waals surface area (Å²) in [6.45, 7) is 2.94. The van der Waals surface area contributed by atoms with Gasteiger partial charge in [-0.05, 0) is 6.42 Å². The van der Waals surface area contributed by atoms with Crippen LogP contribution in [-0.4, -0.2) is 34.1 Å². The largest absolute Gasteiger partial charge is 0.329 e. The normalized spacial score (nSPS) is 10.5. The van der Waals surface area contributed by atoms with E-state index in [-0.39, 0.29) is 6.03 Å². The molecule has 0 radical (unpaired) electrons. The maximum Gasteiger partial charge on any atom is 0.329 e. The van der Waals surface area contributed by atoms with Crippen LogP contribution in [0.2, 0.25) is 0 Å². The number of carbonyl (C=O) groups is 1. The molecule has 4 nitrogen and oxygen atoms in total. The van der Waals surface area contributed by atoms with Crippen molar-refractivity contribution in [1.82, 2.24) is 14.5 Å². The Labute approximate surface area is 120 Å². The highest BCUT2D eigenvalue weighted by molar-refractivity contribution is 5.77. The second-order valence-corrected chi connectivity index (χ2v) is 4.94. The van der Waals surface area contributed by atoms with Crippen molar-refractivity contribution in [1.29, 1.82) is 0 Å². The van der Waals surface area contributed by atoms with Crippen molar-refractivity contribution < 1.29 is 4.79 Å². The number of rotatable bonds is 5. The first-order valence-electron chi connectivity index (χ1n) is 7.07. The van der Waals surface area contributed by atoms with Gasteiger partial charge in [0.25, 0.3) is 0 Å². The number of hydrogen-bond acceptors (Lipinski definition) is 2. The van der Waals surface area contributed by atoms with E-state index in [0.717, 1.165) is 37.1 Å². The van der Waals surface area contributed by atoms with Gasteiger partial charge in [-0.3, -0.25) is 4.57 Å². The lowest BCUT2D eigenvalue weighted by molar-refractivity contribution is 0.209. The maximum atomic E-state index is 12.2. The number of benzene rings is 1. The third-order valence-corrected chi connectivity index (χ3v) is 3.30. The number of carbonyl (C=O) groups excluding carboxylic acids is 1. The molecule has 0 atom stereocenters. The number of nitrogens with zero attached hydrogens (tertiary/aromatic N) is 3. The van der Waals surface area contributed by atoms with Gasteiger partial charge in [-0.2, -0.15) is 0 Å². The van der Waals surface area contributed by atoms with Gasteiger partial charge in [-0.25, -0.2) is 9.78 Å². The van der Waals surface area contributed by atoms with Gasteiger partial charge < -0.3 is 4.90 Å². The summed E-state index contributed by atoms with van der Waals surface area (Å²) in [7, 11) is 1.83. The fourth-order valence-corrected chi connectivity index (χ4v) is 2.08. The lowest BCUT2D eigenvalue weighted by Crippen LogP contribution is -2.31. The Morgan fingerprint density at radius 1 is 1.25 bits per heavy atom. The number of aromatic nitrogens is 2. The molecule has 4 heteroatoms. The monoisotopic (exact) mass is 271 g/mol. The van der Waals surface area contributed by atoms with Crippen LogP contribution in [0, 0.1) is 0 Å². The molecule has 0 bridgehead atoms. The summed E-state index contributed by atoms with van der Waals surface area (Å²) in [5, 5.41) is 0. The molecule has 1 aromatic heterocycles. The third kappa shape index (κ3) is 3.47. The zero-order chi connectivity index (χ0) is 14.4. The first-order chi connectivity index (χ1) is 9.72. The van der Waals surface area contributed by atoms with Gasteiger partial charge in [0.05, 0.1) is 5.69 Å². The summed E-state index contributed by atoms with van der Waals surface area (Å²) in [6.07, 6.45) is 6.72. The van der Waals surface area contributed by atoms with E-state index in [1.807, 2.05) is 37.4 Å². The zero-order valence-corrected chi connectivity index (χ0v) is 12.1. The van der Waals surface area contributed by atoms with E-state index in [9.17, 15) is 4.79 Å². The Morgan fingerprint density at radius 3 is 2.70 bits per heavy atom. The molecule has 20 heavy (non-hydrogen) atoms. The molecule has 0 unspecified atom stereocenters. The SMILES string of the molecule is CCCCCN(C)C(=O)n1cnc(-c2ccccc2)c1. The molecular formula is C16H21N3O. The summed E-state index contributed by atoms with van der Waals surface area (Å²) < 4.78 is 1.55. The summed E-state index contributed by atoms with van der Waals surface area (Å²) in [5.41, 5.74) is 1.84. The highest BCUT2D eigenvalue weighted by atomic mass is 16.2. The molecule has 1 aromatic carbocycles. The van der Waals surface area contributed by atoms with Crippen molar-refractivity contribution in [3.63, 3.8) is 0 Å². The molecular weight excluding hydrogens is 250 g/mol. The van der Waals surface area contributed by atoms with Crippen molar-refractivity contribution in [2.24, 2.45) is 0 Å². The summed E-state index contributed by atoms with van der Waals surface area (Å²) in [6, 6.07) is 9.84. The van der Waals surface area contributed by atoms with E-state index in [2.05, 4.69) is 11.9 Å². The average molecular weight is 271 g/mol. The van der Waals surface area contributed by atoms with Crippen LogP contribution in [0.15, 0.2) is 42.9 Å². The molecule has 0 fully saturated rings. The summed E-state index contributed by atoms with van der Waals surface area (Å²) in [5.74, 6) is 0. The van der Waals surface area contributed by atoms with Crippen LogP contribution < -0.4 is 0 Å². The average Bonchev–Trinajstić information content (AvgIpc) is 2.97. The van der Waals surface area contributed by atoms with Crippen LogP contribution in [0.1, 0.15) is 26.2 Å². The van der Waals surface area contributed by atoms with E-state index in [1.165, 1.54) is 0 Å². The van der Waals surface area contributed by atoms with E-state index < -0.39 is 0 Å².